The molecule has 0 aliphatic rings. The summed E-state index contributed by atoms with van der Waals surface area (Å²) in [5.41, 5.74) is 0. The summed E-state index contributed by atoms with van der Waals surface area (Å²) in [7, 11) is 0. The van der Waals surface area contributed by atoms with Crippen LogP contribution in [0.4, 0.5) is 0 Å². The minimum Gasteiger partial charge on any atom is -0.395 e. The third-order valence-electron chi connectivity index (χ3n) is 3.82. The summed E-state index contributed by atoms with van der Waals surface area (Å²) in [6.07, 6.45) is 4.75. The van der Waals surface area contributed by atoms with Crippen molar-refractivity contribution in [2.45, 2.75) is 39.5 Å². The molecule has 10 nitrogen and oxygen atoms in total. The van der Waals surface area contributed by atoms with Gasteiger partial charge < -0.3 is 30.6 Å². The van der Waals surface area contributed by atoms with Crippen molar-refractivity contribution in [3.63, 3.8) is 0 Å². The average molecular weight is 492 g/mol. The SMILES string of the molecule is CCCC[O][Ti][O]CCCC.OCCN(CCO)CCO.OCCN(CCO)CCO. The van der Waals surface area contributed by atoms with E-state index in [0.29, 0.717) is 39.3 Å². The Hall–Kier alpha value is 0.314. The van der Waals surface area contributed by atoms with Gasteiger partial charge in [-0.25, -0.2) is 0 Å². The van der Waals surface area contributed by atoms with Gasteiger partial charge in [-0.15, -0.1) is 0 Å². The molecule has 0 heterocycles. The summed E-state index contributed by atoms with van der Waals surface area (Å²) < 4.78 is 10.6. The van der Waals surface area contributed by atoms with Crippen molar-refractivity contribution in [3.05, 3.63) is 0 Å². The van der Waals surface area contributed by atoms with Crippen molar-refractivity contribution in [1.82, 2.24) is 9.80 Å². The van der Waals surface area contributed by atoms with Crippen LogP contribution in [0.25, 0.3) is 0 Å². The van der Waals surface area contributed by atoms with Crippen LogP contribution >= 0.6 is 0 Å². The molecule has 0 fully saturated rings. The summed E-state index contributed by atoms with van der Waals surface area (Å²) in [5.74, 6) is 0. The molecule has 6 N–H and O–H groups in total. The van der Waals surface area contributed by atoms with Gasteiger partial charge in [0.15, 0.2) is 0 Å². The smallest absolute Gasteiger partial charge is 0.0558 e. The van der Waals surface area contributed by atoms with E-state index in [2.05, 4.69) is 13.8 Å². The van der Waals surface area contributed by atoms with Gasteiger partial charge in [0.05, 0.1) is 39.6 Å². The van der Waals surface area contributed by atoms with E-state index in [4.69, 9.17) is 37.3 Å². The number of unbranched alkanes of at least 4 members (excludes halogenated alkanes) is 2. The number of nitrogens with zero attached hydrogens (tertiary/aromatic N) is 2. The Morgan fingerprint density at radius 2 is 0.774 bits per heavy atom. The molecular formula is C20H48N2O8Ti. The molecule has 0 aromatic carbocycles. The second-order valence-electron chi connectivity index (χ2n) is 6.51. The van der Waals surface area contributed by atoms with Gasteiger partial charge >= 0.3 is 79.3 Å². The molecule has 0 amide bonds. The fraction of sp³-hybridized carbons (Fsp3) is 1.00. The summed E-state index contributed by atoms with van der Waals surface area (Å²) in [5, 5.41) is 50.9. The summed E-state index contributed by atoms with van der Waals surface area (Å²) in [4.78, 5) is 3.58. The Labute approximate surface area is 198 Å². The normalized spacial score (nSPS) is 10.5. The average Bonchev–Trinajstić information content (AvgIpc) is 2.75. The molecule has 0 aliphatic heterocycles. The van der Waals surface area contributed by atoms with E-state index in [1.165, 1.54) is 25.7 Å². The summed E-state index contributed by atoms with van der Waals surface area (Å²) in [6.45, 7) is 9.63. The van der Waals surface area contributed by atoms with E-state index in [9.17, 15) is 0 Å². The third-order valence-corrected chi connectivity index (χ3v) is 4.82. The number of hydrogen-bond donors (Lipinski definition) is 6. The summed E-state index contributed by atoms with van der Waals surface area (Å²) in [6, 6.07) is 0. The van der Waals surface area contributed by atoms with Crippen LogP contribution < -0.4 is 0 Å². The first kappa shape index (κ1) is 35.9. The van der Waals surface area contributed by atoms with Gasteiger partial charge in [-0.2, -0.15) is 0 Å². The minimum atomic E-state index is -0.519. The van der Waals surface area contributed by atoms with Gasteiger partial charge in [-0.1, -0.05) is 0 Å². The number of hydrogen-bond acceptors (Lipinski definition) is 10. The fourth-order valence-corrected chi connectivity index (χ4v) is 2.92. The molecule has 0 aromatic heterocycles. The quantitative estimate of drug-likeness (QED) is 0.0930. The molecule has 0 bridgehead atoms. The van der Waals surface area contributed by atoms with Crippen LogP contribution in [0.5, 0.6) is 0 Å². The molecule has 0 rings (SSSR count). The molecule has 0 aromatic rings. The van der Waals surface area contributed by atoms with E-state index >= 15 is 0 Å². The Balaban J connectivity index is -0.000000380. The van der Waals surface area contributed by atoms with Crippen molar-refractivity contribution < 1.29 is 57.2 Å². The van der Waals surface area contributed by atoms with Gasteiger partial charge in [-0.3, -0.25) is 9.80 Å². The second kappa shape index (κ2) is 34.9. The molecular weight excluding hydrogens is 444 g/mol. The van der Waals surface area contributed by atoms with Crippen LogP contribution in [-0.2, 0) is 26.6 Å². The maximum absolute atomic E-state index is 8.48. The molecule has 11 heteroatoms. The second-order valence-corrected chi connectivity index (χ2v) is 7.67. The van der Waals surface area contributed by atoms with Crippen LogP contribution in [0.1, 0.15) is 39.5 Å². The first-order chi connectivity index (χ1) is 15.1. The first-order valence-electron chi connectivity index (χ1n) is 11.2. The first-order valence-corrected chi connectivity index (χ1v) is 12.5. The molecule has 0 spiro atoms. The topological polar surface area (TPSA) is 146 Å². The van der Waals surface area contributed by atoms with Crippen LogP contribution in [0, 0.1) is 0 Å². The molecule has 190 valence electrons. The molecule has 0 atom stereocenters. The van der Waals surface area contributed by atoms with Crippen LogP contribution in [0.3, 0.4) is 0 Å². The van der Waals surface area contributed by atoms with Crippen LogP contribution in [-0.4, -0.2) is 133 Å². The van der Waals surface area contributed by atoms with Gasteiger partial charge in [0.2, 0.25) is 0 Å². The Morgan fingerprint density at radius 1 is 0.516 bits per heavy atom. The van der Waals surface area contributed by atoms with E-state index in [1.807, 2.05) is 0 Å². The van der Waals surface area contributed by atoms with E-state index in [-0.39, 0.29) is 39.6 Å². The van der Waals surface area contributed by atoms with Gasteiger partial charge in [-0.05, 0) is 0 Å². The van der Waals surface area contributed by atoms with Crippen molar-refractivity contribution >= 4 is 0 Å². The van der Waals surface area contributed by atoms with Gasteiger partial charge in [0.25, 0.3) is 0 Å². The third kappa shape index (κ3) is 35.1. The number of aliphatic hydroxyl groups is 6. The standard InChI is InChI=1S/2C6H15NO3.2C4H9O.Ti/c2*8-4-1-7(2-5-9)3-6-10;2*1-2-3-4-5;/h2*8-10H,1-6H2;2*2-4H2,1H3;/q;;2*-1;+2. The minimum absolute atomic E-state index is 0.0694. The molecule has 0 unspecified atom stereocenters. The molecule has 0 radical (unpaired) electrons. The zero-order chi connectivity index (χ0) is 24.0. The zero-order valence-electron chi connectivity index (χ0n) is 19.6. The Kier molecular flexibility index (Phi) is 40.4. The predicted molar refractivity (Wildman–Crippen MR) is 117 cm³/mol. The van der Waals surface area contributed by atoms with Crippen molar-refractivity contribution in [2.24, 2.45) is 0 Å². The molecule has 0 saturated heterocycles. The number of rotatable bonds is 20. The van der Waals surface area contributed by atoms with Crippen LogP contribution in [0.2, 0.25) is 0 Å². The predicted octanol–water partition coefficient (Wildman–Crippen LogP) is -0.937. The van der Waals surface area contributed by atoms with E-state index < -0.39 is 19.9 Å². The van der Waals surface area contributed by atoms with Gasteiger partial charge in [0.1, 0.15) is 0 Å². The van der Waals surface area contributed by atoms with Crippen molar-refractivity contribution in [3.8, 4) is 0 Å². The Morgan fingerprint density at radius 3 is 0.968 bits per heavy atom. The summed E-state index contributed by atoms with van der Waals surface area (Å²) >= 11 is -0.519. The monoisotopic (exact) mass is 492 g/mol. The van der Waals surface area contributed by atoms with E-state index in [0.717, 1.165) is 13.2 Å². The fourth-order valence-electron chi connectivity index (χ4n) is 2.08. The molecule has 0 aliphatic carbocycles. The Bertz CT molecular complexity index is 243. The number of aliphatic hydroxyl groups excluding tert-OH is 6. The molecule has 0 saturated carbocycles. The molecule has 31 heavy (non-hydrogen) atoms. The largest absolute Gasteiger partial charge is 0.395 e. The van der Waals surface area contributed by atoms with Crippen molar-refractivity contribution in [2.75, 3.05) is 92.1 Å². The van der Waals surface area contributed by atoms with Gasteiger partial charge in [0, 0.05) is 39.3 Å². The maximum Gasteiger partial charge on any atom is 0.0558 e. The van der Waals surface area contributed by atoms with Crippen molar-refractivity contribution in [1.29, 1.82) is 0 Å². The zero-order valence-corrected chi connectivity index (χ0v) is 21.2. The van der Waals surface area contributed by atoms with Crippen LogP contribution in [0.15, 0.2) is 0 Å². The maximum atomic E-state index is 8.48. The van der Waals surface area contributed by atoms with E-state index in [1.54, 1.807) is 9.80 Å².